The highest BCUT2D eigenvalue weighted by atomic mass is 35.5. The van der Waals surface area contributed by atoms with E-state index in [1.165, 1.54) is 0 Å². The zero-order valence-corrected chi connectivity index (χ0v) is 14.4. The van der Waals surface area contributed by atoms with E-state index in [2.05, 4.69) is 10.6 Å². The Bertz CT molecular complexity index is 716. The first-order valence-electron chi connectivity index (χ1n) is 7.54. The molecule has 2 N–H and O–H groups in total. The monoisotopic (exact) mass is 345 g/mol. The summed E-state index contributed by atoms with van der Waals surface area (Å²) in [5, 5.41) is 6.05. The predicted octanol–water partition coefficient (Wildman–Crippen LogP) is 3.04. The Morgan fingerprint density at radius 3 is 2.38 bits per heavy atom. The van der Waals surface area contributed by atoms with Crippen LogP contribution in [0.4, 0.5) is 4.79 Å². The second kappa shape index (κ2) is 8.36. The molecule has 0 aliphatic heterocycles. The van der Waals surface area contributed by atoms with Gasteiger partial charge in [0, 0.05) is 37.8 Å². The van der Waals surface area contributed by atoms with Gasteiger partial charge in [0.25, 0.3) is 5.91 Å². The first-order valence-corrected chi connectivity index (χ1v) is 7.92. The SMILES string of the molecule is CNC(=O)c1ccc(CNC(=O)N(C)Cc2ccccc2Cl)cc1. The summed E-state index contributed by atoms with van der Waals surface area (Å²) in [6.45, 7) is 0.820. The van der Waals surface area contributed by atoms with Crippen molar-refractivity contribution in [3.63, 3.8) is 0 Å². The number of halogens is 1. The zero-order valence-electron chi connectivity index (χ0n) is 13.7. The highest BCUT2D eigenvalue weighted by Crippen LogP contribution is 2.16. The molecule has 0 radical (unpaired) electrons. The summed E-state index contributed by atoms with van der Waals surface area (Å²) in [5.41, 5.74) is 2.40. The standard InChI is InChI=1S/C18H20ClN3O2/c1-20-17(23)14-9-7-13(8-10-14)11-21-18(24)22(2)12-15-5-3-4-6-16(15)19/h3-10H,11-12H2,1-2H3,(H,20,23)(H,21,24). The molecular formula is C18H20ClN3O2. The van der Waals surface area contributed by atoms with Crippen molar-refractivity contribution in [1.29, 1.82) is 0 Å². The van der Waals surface area contributed by atoms with Crippen molar-refractivity contribution < 1.29 is 9.59 Å². The number of carbonyl (C=O) groups is 2. The number of hydrogen-bond acceptors (Lipinski definition) is 2. The molecule has 0 spiro atoms. The molecule has 0 saturated heterocycles. The summed E-state index contributed by atoms with van der Waals surface area (Å²) in [5.74, 6) is -0.134. The van der Waals surface area contributed by atoms with Crippen LogP contribution < -0.4 is 10.6 Å². The van der Waals surface area contributed by atoms with Gasteiger partial charge >= 0.3 is 6.03 Å². The van der Waals surface area contributed by atoms with Gasteiger partial charge in [-0.05, 0) is 29.3 Å². The summed E-state index contributed by atoms with van der Waals surface area (Å²) < 4.78 is 0. The number of urea groups is 1. The van der Waals surface area contributed by atoms with Gasteiger partial charge in [-0.1, -0.05) is 41.9 Å². The minimum absolute atomic E-state index is 0.134. The molecule has 0 unspecified atom stereocenters. The van der Waals surface area contributed by atoms with Crippen molar-refractivity contribution in [3.8, 4) is 0 Å². The molecule has 0 aliphatic rings. The van der Waals surface area contributed by atoms with E-state index in [1.54, 1.807) is 37.2 Å². The summed E-state index contributed by atoms with van der Waals surface area (Å²) >= 11 is 6.11. The van der Waals surface area contributed by atoms with Gasteiger partial charge in [0.05, 0.1) is 0 Å². The van der Waals surface area contributed by atoms with Crippen molar-refractivity contribution in [2.24, 2.45) is 0 Å². The highest BCUT2D eigenvalue weighted by Gasteiger charge is 2.10. The molecule has 0 atom stereocenters. The maximum atomic E-state index is 12.2. The predicted molar refractivity (Wildman–Crippen MR) is 95.0 cm³/mol. The normalized spacial score (nSPS) is 10.1. The van der Waals surface area contributed by atoms with Crippen LogP contribution >= 0.6 is 11.6 Å². The average Bonchev–Trinajstić information content (AvgIpc) is 2.61. The van der Waals surface area contributed by atoms with Gasteiger partial charge < -0.3 is 15.5 Å². The van der Waals surface area contributed by atoms with Crippen LogP contribution in [0.15, 0.2) is 48.5 Å². The third-order valence-electron chi connectivity index (χ3n) is 3.60. The largest absolute Gasteiger partial charge is 0.355 e. The third kappa shape index (κ3) is 4.73. The van der Waals surface area contributed by atoms with E-state index in [9.17, 15) is 9.59 Å². The van der Waals surface area contributed by atoms with E-state index in [1.807, 2.05) is 30.3 Å². The van der Waals surface area contributed by atoms with Crippen LogP contribution in [-0.4, -0.2) is 30.9 Å². The van der Waals surface area contributed by atoms with Crippen molar-refractivity contribution in [3.05, 3.63) is 70.2 Å². The maximum Gasteiger partial charge on any atom is 0.317 e. The zero-order chi connectivity index (χ0) is 17.5. The fourth-order valence-corrected chi connectivity index (χ4v) is 2.38. The van der Waals surface area contributed by atoms with Crippen molar-refractivity contribution >= 4 is 23.5 Å². The van der Waals surface area contributed by atoms with Gasteiger partial charge in [0.1, 0.15) is 0 Å². The molecule has 5 nitrogen and oxygen atoms in total. The van der Waals surface area contributed by atoms with Gasteiger partial charge in [-0.25, -0.2) is 4.79 Å². The Balaban J connectivity index is 1.88. The first-order chi connectivity index (χ1) is 11.5. The molecule has 24 heavy (non-hydrogen) atoms. The number of benzene rings is 2. The minimum atomic E-state index is -0.190. The number of nitrogens with zero attached hydrogens (tertiary/aromatic N) is 1. The summed E-state index contributed by atoms with van der Waals surface area (Å²) in [6.07, 6.45) is 0. The summed E-state index contributed by atoms with van der Waals surface area (Å²) in [4.78, 5) is 25.2. The molecule has 0 aliphatic carbocycles. The van der Waals surface area contributed by atoms with Crippen molar-refractivity contribution in [2.45, 2.75) is 13.1 Å². The van der Waals surface area contributed by atoms with Crippen LogP contribution in [0.5, 0.6) is 0 Å². The molecule has 0 saturated carbocycles. The molecule has 0 heterocycles. The second-order valence-corrected chi connectivity index (χ2v) is 5.79. The van der Waals surface area contributed by atoms with Gasteiger partial charge in [0.2, 0.25) is 0 Å². The van der Waals surface area contributed by atoms with E-state index in [0.29, 0.717) is 23.7 Å². The Morgan fingerprint density at radius 1 is 1.08 bits per heavy atom. The first kappa shape index (κ1) is 17.8. The van der Waals surface area contributed by atoms with Crippen LogP contribution in [0.25, 0.3) is 0 Å². The third-order valence-corrected chi connectivity index (χ3v) is 3.97. The van der Waals surface area contributed by atoms with Crippen LogP contribution in [0.3, 0.4) is 0 Å². The molecule has 2 aromatic carbocycles. The summed E-state index contributed by atoms with van der Waals surface area (Å²) in [7, 11) is 3.30. The smallest absolute Gasteiger partial charge is 0.317 e. The highest BCUT2D eigenvalue weighted by molar-refractivity contribution is 6.31. The topological polar surface area (TPSA) is 61.4 Å². The molecule has 6 heteroatoms. The van der Waals surface area contributed by atoms with E-state index in [4.69, 9.17) is 11.6 Å². The van der Waals surface area contributed by atoms with Crippen molar-refractivity contribution in [1.82, 2.24) is 15.5 Å². The number of hydrogen-bond donors (Lipinski definition) is 2. The van der Waals surface area contributed by atoms with Gasteiger partial charge in [-0.2, -0.15) is 0 Å². The Morgan fingerprint density at radius 2 is 1.75 bits per heavy atom. The lowest BCUT2D eigenvalue weighted by Gasteiger charge is -2.18. The van der Waals surface area contributed by atoms with Gasteiger partial charge in [-0.15, -0.1) is 0 Å². The molecule has 0 fully saturated rings. The molecule has 3 amide bonds. The Labute approximate surface area is 146 Å². The van der Waals surface area contributed by atoms with Crippen LogP contribution in [0, 0.1) is 0 Å². The number of carbonyl (C=O) groups excluding carboxylic acids is 2. The molecule has 126 valence electrons. The Kier molecular flexibility index (Phi) is 6.21. The fourth-order valence-electron chi connectivity index (χ4n) is 2.18. The maximum absolute atomic E-state index is 12.2. The number of rotatable bonds is 5. The summed E-state index contributed by atoms with van der Waals surface area (Å²) in [6, 6.07) is 14.3. The molecule has 2 rings (SSSR count). The molecule has 0 bridgehead atoms. The van der Waals surface area contributed by atoms with Crippen LogP contribution in [-0.2, 0) is 13.1 Å². The molecular weight excluding hydrogens is 326 g/mol. The average molecular weight is 346 g/mol. The molecule has 0 aromatic heterocycles. The van der Waals surface area contributed by atoms with E-state index >= 15 is 0 Å². The lowest BCUT2D eigenvalue weighted by Crippen LogP contribution is -2.36. The molecule has 2 aromatic rings. The quantitative estimate of drug-likeness (QED) is 0.875. The number of amides is 3. The minimum Gasteiger partial charge on any atom is -0.355 e. The van der Waals surface area contributed by atoms with Crippen molar-refractivity contribution in [2.75, 3.05) is 14.1 Å². The van der Waals surface area contributed by atoms with E-state index in [-0.39, 0.29) is 11.9 Å². The lowest BCUT2D eigenvalue weighted by atomic mass is 10.1. The number of nitrogens with one attached hydrogen (secondary N) is 2. The van der Waals surface area contributed by atoms with Gasteiger partial charge in [0.15, 0.2) is 0 Å². The van der Waals surface area contributed by atoms with Gasteiger partial charge in [-0.3, -0.25) is 4.79 Å². The lowest BCUT2D eigenvalue weighted by molar-refractivity contribution is 0.0963. The second-order valence-electron chi connectivity index (χ2n) is 5.38. The van der Waals surface area contributed by atoms with E-state index in [0.717, 1.165) is 11.1 Å². The Hall–Kier alpha value is -2.53. The fraction of sp³-hybridized carbons (Fsp3) is 0.222. The van der Waals surface area contributed by atoms with Crippen LogP contribution in [0.2, 0.25) is 5.02 Å². The van der Waals surface area contributed by atoms with E-state index < -0.39 is 0 Å². The van der Waals surface area contributed by atoms with Crippen LogP contribution in [0.1, 0.15) is 21.5 Å².